The van der Waals surface area contributed by atoms with Crippen molar-refractivity contribution in [3.8, 4) is 0 Å². The average molecular weight is 287 g/mol. The molecule has 0 N–H and O–H groups in total. The Kier molecular flexibility index (Phi) is 3.58. The van der Waals surface area contributed by atoms with Crippen LogP contribution in [0.4, 0.5) is 0 Å². The highest BCUT2D eigenvalue weighted by Crippen LogP contribution is 2.35. The van der Waals surface area contributed by atoms with Gasteiger partial charge in [-0.05, 0) is 46.9 Å². The Bertz CT molecular complexity index is 699. The van der Waals surface area contributed by atoms with E-state index in [-0.39, 0.29) is 5.38 Å². The van der Waals surface area contributed by atoms with E-state index in [4.69, 9.17) is 11.6 Å². The van der Waals surface area contributed by atoms with Gasteiger partial charge in [0.1, 0.15) is 0 Å². The van der Waals surface area contributed by atoms with Crippen LogP contribution in [-0.4, -0.2) is 0 Å². The smallest absolute Gasteiger partial charge is 0.0639 e. The van der Waals surface area contributed by atoms with Gasteiger partial charge in [0.05, 0.1) is 5.38 Å². The molecule has 2 aromatic carbocycles. The minimum absolute atomic E-state index is 0.0391. The summed E-state index contributed by atoms with van der Waals surface area (Å²) in [6.07, 6.45) is 0.884. The fourth-order valence-corrected chi connectivity index (χ4v) is 3.82. The third-order valence-electron chi connectivity index (χ3n) is 3.51. The van der Waals surface area contributed by atoms with E-state index >= 15 is 0 Å². The van der Waals surface area contributed by atoms with Crippen LogP contribution < -0.4 is 0 Å². The van der Waals surface area contributed by atoms with E-state index in [0.717, 1.165) is 6.42 Å². The van der Waals surface area contributed by atoms with Crippen molar-refractivity contribution in [2.75, 3.05) is 0 Å². The Labute approximate surface area is 122 Å². The summed E-state index contributed by atoms with van der Waals surface area (Å²) >= 11 is 8.41. The van der Waals surface area contributed by atoms with Gasteiger partial charge in [-0.3, -0.25) is 0 Å². The molecule has 0 amide bonds. The third kappa shape index (κ3) is 2.54. The quantitative estimate of drug-likeness (QED) is 0.539. The maximum Gasteiger partial charge on any atom is 0.0639 e. The molecule has 0 saturated carbocycles. The molecule has 0 aliphatic rings. The minimum Gasteiger partial charge on any atom is -0.143 e. The summed E-state index contributed by atoms with van der Waals surface area (Å²) in [6, 6.07) is 16.9. The molecule has 3 rings (SSSR count). The summed E-state index contributed by atoms with van der Waals surface area (Å²) in [5.74, 6) is 0. The van der Waals surface area contributed by atoms with Crippen molar-refractivity contribution >= 4 is 33.0 Å². The van der Waals surface area contributed by atoms with Crippen molar-refractivity contribution < 1.29 is 0 Å². The largest absolute Gasteiger partial charge is 0.143 e. The highest BCUT2D eigenvalue weighted by molar-refractivity contribution is 7.17. The number of fused-ring (bicyclic) bond motifs is 1. The van der Waals surface area contributed by atoms with Crippen molar-refractivity contribution in [1.29, 1.82) is 0 Å². The fraction of sp³-hybridized carbons (Fsp3) is 0.176. The number of hydrogen-bond acceptors (Lipinski definition) is 1. The molecule has 0 spiro atoms. The number of thiophene rings is 1. The second-order valence-electron chi connectivity index (χ2n) is 4.79. The monoisotopic (exact) mass is 286 g/mol. The first-order valence-electron chi connectivity index (χ1n) is 6.40. The van der Waals surface area contributed by atoms with Crippen LogP contribution in [-0.2, 0) is 6.42 Å². The van der Waals surface area contributed by atoms with Gasteiger partial charge in [0.15, 0.2) is 0 Å². The fourth-order valence-electron chi connectivity index (χ4n) is 2.38. The molecule has 0 aliphatic carbocycles. The van der Waals surface area contributed by atoms with Crippen LogP contribution in [0.15, 0.2) is 53.9 Å². The van der Waals surface area contributed by atoms with Gasteiger partial charge in [0.2, 0.25) is 0 Å². The maximum atomic E-state index is 6.64. The van der Waals surface area contributed by atoms with E-state index in [1.165, 1.54) is 26.8 Å². The molecule has 0 radical (unpaired) electrons. The third-order valence-corrected chi connectivity index (χ3v) is 4.88. The molecule has 0 bridgehead atoms. The van der Waals surface area contributed by atoms with Gasteiger partial charge in [-0.1, -0.05) is 42.5 Å². The van der Waals surface area contributed by atoms with Crippen molar-refractivity contribution in [2.24, 2.45) is 0 Å². The van der Waals surface area contributed by atoms with E-state index in [0.29, 0.717) is 0 Å². The Hall–Kier alpha value is -1.31. The predicted molar refractivity (Wildman–Crippen MR) is 85.3 cm³/mol. The zero-order chi connectivity index (χ0) is 13.2. The van der Waals surface area contributed by atoms with Crippen LogP contribution in [0.5, 0.6) is 0 Å². The second-order valence-corrected chi connectivity index (χ2v) is 6.22. The molecule has 0 nitrogen and oxygen atoms in total. The summed E-state index contributed by atoms with van der Waals surface area (Å²) in [5, 5.41) is 3.53. The van der Waals surface area contributed by atoms with Gasteiger partial charge in [0, 0.05) is 4.70 Å². The van der Waals surface area contributed by atoms with Crippen molar-refractivity contribution in [1.82, 2.24) is 0 Å². The summed E-state index contributed by atoms with van der Waals surface area (Å²) < 4.78 is 1.31. The van der Waals surface area contributed by atoms with E-state index in [1.807, 2.05) is 0 Å². The summed E-state index contributed by atoms with van der Waals surface area (Å²) in [5.41, 5.74) is 3.90. The lowest BCUT2D eigenvalue weighted by Gasteiger charge is -2.11. The standard InChI is InChI=1S/C17H15ClS/c1-12-6-2-3-7-13(12)10-16(18)15-11-19-17-9-5-4-8-14(15)17/h2-9,11,16H,10H2,1H3. The summed E-state index contributed by atoms with van der Waals surface area (Å²) in [4.78, 5) is 0. The van der Waals surface area contributed by atoms with Crippen molar-refractivity contribution in [3.63, 3.8) is 0 Å². The molecule has 19 heavy (non-hydrogen) atoms. The number of rotatable bonds is 3. The van der Waals surface area contributed by atoms with E-state index in [2.05, 4.69) is 60.8 Å². The zero-order valence-electron chi connectivity index (χ0n) is 10.8. The second kappa shape index (κ2) is 5.36. The molecule has 0 aliphatic heterocycles. The number of halogens is 1. The van der Waals surface area contributed by atoms with Gasteiger partial charge >= 0.3 is 0 Å². The zero-order valence-corrected chi connectivity index (χ0v) is 12.3. The number of aryl methyl sites for hydroxylation is 1. The average Bonchev–Trinajstić information content (AvgIpc) is 2.85. The number of benzene rings is 2. The van der Waals surface area contributed by atoms with Crippen molar-refractivity contribution in [3.05, 3.63) is 70.6 Å². The molecule has 1 atom stereocenters. The van der Waals surface area contributed by atoms with Crippen LogP contribution in [0.2, 0.25) is 0 Å². The van der Waals surface area contributed by atoms with Crippen LogP contribution in [0, 0.1) is 6.92 Å². The van der Waals surface area contributed by atoms with E-state index < -0.39 is 0 Å². The lowest BCUT2D eigenvalue weighted by molar-refractivity contribution is 0.922. The van der Waals surface area contributed by atoms with Crippen LogP contribution >= 0.6 is 22.9 Å². The van der Waals surface area contributed by atoms with Crippen LogP contribution in [0.25, 0.3) is 10.1 Å². The lowest BCUT2D eigenvalue weighted by Crippen LogP contribution is -1.97. The van der Waals surface area contributed by atoms with E-state index in [9.17, 15) is 0 Å². The van der Waals surface area contributed by atoms with Gasteiger partial charge in [-0.25, -0.2) is 0 Å². The molecule has 0 saturated heterocycles. The first-order chi connectivity index (χ1) is 9.25. The molecule has 2 heteroatoms. The summed E-state index contributed by atoms with van der Waals surface area (Å²) in [6.45, 7) is 2.14. The summed E-state index contributed by atoms with van der Waals surface area (Å²) in [7, 11) is 0. The number of hydrogen-bond donors (Lipinski definition) is 0. The van der Waals surface area contributed by atoms with Gasteiger partial charge in [0.25, 0.3) is 0 Å². The Morgan fingerprint density at radius 2 is 1.79 bits per heavy atom. The number of alkyl halides is 1. The highest BCUT2D eigenvalue weighted by Gasteiger charge is 2.14. The Morgan fingerprint density at radius 3 is 2.63 bits per heavy atom. The van der Waals surface area contributed by atoms with Gasteiger partial charge in [-0.15, -0.1) is 22.9 Å². The Balaban J connectivity index is 1.92. The topological polar surface area (TPSA) is 0 Å². The molecule has 3 aromatic rings. The first-order valence-corrected chi connectivity index (χ1v) is 7.72. The molecule has 1 heterocycles. The molecule has 96 valence electrons. The highest BCUT2D eigenvalue weighted by atomic mass is 35.5. The van der Waals surface area contributed by atoms with Crippen LogP contribution in [0.1, 0.15) is 22.1 Å². The SMILES string of the molecule is Cc1ccccc1CC(Cl)c1csc2ccccc12. The van der Waals surface area contributed by atoms with Gasteiger partial charge < -0.3 is 0 Å². The minimum atomic E-state index is 0.0391. The lowest BCUT2D eigenvalue weighted by atomic mass is 10.00. The molecule has 1 aromatic heterocycles. The van der Waals surface area contributed by atoms with Crippen LogP contribution in [0.3, 0.4) is 0 Å². The maximum absolute atomic E-state index is 6.64. The predicted octanol–water partition coefficient (Wildman–Crippen LogP) is 5.73. The van der Waals surface area contributed by atoms with Crippen molar-refractivity contribution in [2.45, 2.75) is 18.7 Å². The van der Waals surface area contributed by atoms with Gasteiger partial charge in [-0.2, -0.15) is 0 Å². The molecule has 0 fully saturated rings. The normalized spacial score (nSPS) is 12.7. The first kappa shape index (κ1) is 12.7. The molecular formula is C17H15ClS. The Morgan fingerprint density at radius 1 is 1.05 bits per heavy atom. The van der Waals surface area contributed by atoms with E-state index in [1.54, 1.807) is 11.3 Å². The molecular weight excluding hydrogens is 272 g/mol. The molecule has 1 unspecified atom stereocenters.